The molecule has 1 aromatic heterocycles. The quantitative estimate of drug-likeness (QED) is 0.659. The number of aromatic nitrogens is 2. The number of imidazole rings is 1. The maximum atomic E-state index is 11.0. The molecule has 0 atom stereocenters. The summed E-state index contributed by atoms with van der Waals surface area (Å²) in [5, 5.41) is 19.9. The van der Waals surface area contributed by atoms with Gasteiger partial charge >= 0.3 is 5.97 Å². The van der Waals surface area contributed by atoms with Crippen molar-refractivity contribution in [3.63, 3.8) is 0 Å². The molecule has 7 nitrogen and oxygen atoms in total. The van der Waals surface area contributed by atoms with Crippen LogP contribution in [0.25, 0.3) is 11.0 Å². The van der Waals surface area contributed by atoms with Crippen LogP contribution < -0.4 is 0 Å². The molecule has 0 unspecified atom stereocenters. The molecule has 94 valence electrons. The normalized spacial score (nSPS) is 10.8. The largest absolute Gasteiger partial charge is 0.475 e. The Kier molecular flexibility index (Phi) is 2.74. The number of hydrogen-bond acceptors (Lipinski definition) is 4. The van der Waals surface area contributed by atoms with Crippen LogP contribution in [0.4, 0.5) is 5.69 Å². The maximum Gasteiger partial charge on any atom is 0.372 e. The summed E-state index contributed by atoms with van der Waals surface area (Å²) in [6.45, 7) is 1.77. The minimum atomic E-state index is -1.15. The van der Waals surface area contributed by atoms with Crippen molar-refractivity contribution in [2.45, 2.75) is 13.3 Å². The van der Waals surface area contributed by atoms with Crippen LogP contribution in [-0.2, 0) is 13.5 Å². The first kappa shape index (κ1) is 12.0. The number of carboxylic acid groups (broad SMARTS) is 1. The fraction of sp³-hybridized carbons (Fsp3) is 0.273. The topological polar surface area (TPSA) is 98.3 Å². The number of carboxylic acids is 1. The SMILES string of the molecule is CCc1c([N+](=O)[O-])ccc2c1nc(C(=O)O)n2C. The third-order valence-electron chi connectivity index (χ3n) is 2.88. The van der Waals surface area contributed by atoms with Gasteiger partial charge in [-0.05, 0) is 12.5 Å². The number of nitro groups is 1. The summed E-state index contributed by atoms with van der Waals surface area (Å²) < 4.78 is 1.42. The summed E-state index contributed by atoms with van der Waals surface area (Å²) in [4.78, 5) is 25.4. The molecule has 0 amide bonds. The Morgan fingerprint density at radius 3 is 2.72 bits per heavy atom. The van der Waals surface area contributed by atoms with Gasteiger partial charge in [0.15, 0.2) is 0 Å². The van der Waals surface area contributed by atoms with E-state index in [0.717, 1.165) is 0 Å². The summed E-state index contributed by atoms with van der Waals surface area (Å²) in [6.07, 6.45) is 0.420. The van der Waals surface area contributed by atoms with Crippen molar-refractivity contribution in [2.24, 2.45) is 7.05 Å². The predicted molar refractivity (Wildman–Crippen MR) is 63.7 cm³/mol. The van der Waals surface area contributed by atoms with E-state index in [4.69, 9.17) is 5.11 Å². The molecule has 0 aliphatic rings. The van der Waals surface area contributed by atoms with Crippen LogP contribution in [0.3, 0.4) is 0 Å². The van der Waals surface area contributed by atoms with Gasteiger partial charge in [-0.1, -0.05) is 6.92 Å². The predicted octanol–water partition coefficient (Wildman–Crippen LogP) is 1.74. The van der Waals surface area contributed by atoms with Crippen LogP contribution >= 0.6 is 0 Å². The second-order valence-electron chi connectivity index (χ2n) is 3.84. The third kappa shape index (κ3) is 1.60. The van der Waals surface area contributed by atoms with E-state index in [-0.39, 0.29) is 11.5 Å². The highest BCUT2D eigenvalue weighted by molar-refractivity contribution is 5.92. The molecule has 2 aromatic rings. The molecule has 7 heteroatoms. The number of aromatic carboxylic acids is 1. The van der Waals surface area contributed by atoms with Crippen molar-refractivity contribution in [3.8, 4) is 0 Å². The second-order valence-corrected chi connectivity index (χ2v) is 3.84. The molecule has 18 heavy (non-hydrogen) atoms. The molecule has 1 heterocycles. The lowest BCUT2D eigenvalue weighted by Crippen LogP contribution is -2.05. The Morgan fingerprint density at radius 1 is 1.56 bits per heavy atom. The number of nitro benzene ring substituents is 1. The average Bonchev–Trinajstić information content (AvgIpc) is 2.65. The Labute approximate surface area is 102 Å². The van der Waals surface area contributed by atoms with Crippen LogP contribution in [0.1, 0.15) is 23.1 Å². The Balaban J connectivity index is 2.85. The van der Waals surface area contributed by atoms with Crippen molar-refractivity contribution < 1.29 is 14.8 Å². The smallest absolute Gasteiger partial charge is 0.372 e. The fourth-order valence-corrected chi connectivity index (χ4v) is 2.01. The molecule has 0 spiro atoms. The number of hydrogen-bond donors (Lipinski definition) is 1. The molecule has 0 fully saturated rings. The third-order valence-corrected chi connectivity index (χ3v) is 2.88. The summed E-state index contributed by atoms with van der Waals surface area (Å²) in [7, 11) is 1.57. The monoisotopic (exact) mass is 249 g/mol. The molecule has 2 rings (SSSR count). The summed E-state index contributed by atoms with van der Waals surface area (Å²) in [5.41, 5.74) is 1.39. The van der Waals surface area contributed by atoms with E-state index in [0.29, 0.717) is 23.0 Å². The molecule has 0 aliphatic carbocycles. The van der Waals surface area contributed by atoms with Crippen molar-refractivity contribution in [1.29, 1.82) is 0 Å². The average molecular weight is 249 g/mol. The van der Waals surface area contributed by atoms with Gasteiger partial charge in [-0.3, -0.25) is 10.1 Å². The first-order valence-electron chi connectivity index (χ1n) is 5.33. The molecule has 0 saturated carbocycles. The van der Waals surface area contributed by atoms with Gasteiger partial charge in [-0.15, -0.1) is 0 Å². The van der Waals surface area contributed by atoms with Crippen molar-refractivity contribution in [3.05, 3.63) is 33.6 Å². The van der Waals surface area contributed by atoms with Crippen LogP contribution in [-0.4, -0.2) is 25.6 Å². The van der Waals surface area contributed by atoms with Crippen molar-refractivity contribution >= 4 is 22.7 Å². The van der Waals surface area contributed by atoms with E-state index in [9.17, 15) is 14.9 Å². The molecule has 0 bridgehead atoms. The number of fused-ring (bicyclic) bond motifs is 1. The van der Waals surface area contributed by atoms with Gasteiger partial charge in [-0.25, -0.2) is 9.78 Å². The lowest BCUT2D eigenvalue weighted by atomic mass is 10.1. The molecule has 0 saturated heterocycles. The van der Waals surface area contributed by atoms with E-state index < -0.39 is 10.9 Å². The highest BCUT2D eigenvalue weighted by Gasteiger charge is 2.21. The highest BCUT2D eigenvalue weighted by Crippen LogP contribution is 2.28. The van der Waals surface area contributed by atoms with Gasteiger partial charge in [0.25, 0.3) is 5.69 Å². The highest BCUT2D eigenvalue weighted by atomic mass is 16.6. The number of rotatable bonds is 3. The minimum Gasteiger partial charge on any atom is -0.475 e. The van der Waals surface area contributed by atoms with Gasteiger partial charge in [0.2, 0.25) is 5.82 Å². The van der Waals surface area contributed by atoms with Gasteiger partial charge in [0, 0.05) is 13.1 Å². The van der Waals surface area contributed by atoms with Crippen LogP contribution in [0.15, 0.2) is 12.1 Å². The second kappa shape index (κ2) is 4.10. The van der Waals surface area contributed by atoms with Gasteiger partial charge in [0.1, 0.15) is 0 Å². The van der Waals surface area contributed by atoms with E-state index in [1.807, 2.05) is 0 Å². The first-order chi connectivity index (χ1) is 8.47. The molecular weight excluding hydrogens is 238 g/mol. The van der Waals surface area contributed by atoms with E-state index in [1.54, 1.807) is 14.0 Å². The molecule has 1 aromatic carbocycles. The number of aryl methyl sites for hydroxylation is 2. The molecule has 1 N–H and O–H groups in total. The number of carbonyl (C=O) groups is 1. The minimum absolute atomic E-state index is 0.0277. The van der Waals surface area contributed by atoms with E-state index >= 15 is 0 Å². The standard InChI is InChI=1S/C11H11N3O4/c1-3-6-7(14(17)18)4-5-8-9(6)12-10(11(15)16)13(8)2/h4-5H,3H2,1-2H3,(H,15,16). The zero-order valence-corrected chi connectivity index (χ0v) is 9.88. The van der Waals surface area contributed by atoms with Crippen LogP contribution in [0.2, 0.25) is 0 Å². The molecule has 0 radical (unpaired) electrons. The Hall–Kier alpha value is -2.44. The Morgan fingerprint density at radius 2 is 2.22 bits per heavy atom. The van der Waals surface area contributed by atoms with Gasteiger partial charge in [-0.2, -0.15) is 0 Å². The van der Waals surface area contributed by atoms with E-state index in [2.05, 4.69) is 4.98 Å². The maximum absolute atomic E-state index is 11.0. The summed E-state index contributed by atoms with van der Waals surface area (Å²) in [6, 6.07) is 2.90. The summed E-state index contributed by atoms with van der Waals surface area (Å²) >= 11 is 0. The fourth-order valence-electron chi connectivity index (χ4n) is 2.01. The van der Waals surface area contributed by atoms with Crippen LogP contribution in [0, 0.1) is 10.1 Å². The lowest BCUT2D eigenvalue weighted by Gasteiger charge is -2.01. The van der Waals surface area contributed by atoms with Gasteiger partial charge in [0.05, 0.1) is 21.5 Å². The lowest BCUT2D eigenvalue weighted by molar-refractivity contribution is -0.385. The first-order valence-corrected chi connectivity index (χ1v) is 5.33. The van der Waals surface area contributed by atoms with Crippen LogP contribution in [0.5, 0.6) is 0 Å². The van der Waals surface area contributed by atoms with Crippen molar-refractivity contribution in [1.82, 2.24) is 9.55 Å². The summed E-state index contributed by atoms with van der Waals surface area (Å²) in [5.74, 6) is -1.28. The Bertz CT molecular complexity index is 660. The molecule has 0 aliphatic heterocycles. The number of nitrogens with zero attached hydrogens (tertiary/aromatic N) is 3. The number of benzene rings is 1. The zero-order chi connectivity index (χ0) is 13.4. The van der Waals surface area contributed by atoms with Crippen molar-refractivity contribution in [2.75, 3.05) is 0 Å². The van der Waals surface area contributed by atoms with E-state index in [1.165, 1.54) is 16.7 Å². The molecular formula is C11H11N3O4. The van der Waals surface area contributed by atoms with Gasteiger partial charge < -0.3 is 9.67 Å². The zero-order valence-electron chi connectivity index (χ0n) is 9.88.